The number of H-pyrrole nitrogens is 1. The van der Waals surface area contributed by atoms with E-state index in [1.165, 1.54) is 29.7 Å². The molecule has 110 valence electrons. The molecule has 2 rings (SSSR count). The molecule has 20 heavy (non-hydrogen) atoms. The third-order valence-corrected chi connectivity index (χ3v) is 4.43. The summed E-state index contributed by atoms with van der Waals surface area (Å²) >= 11 is 1.75. The number of nitrogens with one attached hydrogen (secondary N) is 2. The van der Waals surface area contributed by atoms with Crippen molar-refractivity contribution >= 4 is 11.3 Å². The van der Waals surface area contributed by atoms with Crippen molar-refractivity contribution in [2.24, 2.45) is 5.92 Å². The maximum Gasteiger partial charge on any atom is 0.0794 e. The second kappa shape index (κ2) is 7.60. The van der Waals surface area contributed by atoms with E-state index in [1.807, 2.05) is 6.20 Å². The molecule has 1 atom stereocenters. The monoisotopic (exact) mass is 291 g/mol. The third-order valence-electron chi connectivity index (χ3n) is 3.55. The van der Waals surface area contributed by atoms with Crippen LogP contribution in [0.15, 0.2) is 23.7 Å². The van der Waals surface area contributed by atoms with E-state index in [4.69, 9.17) is 0 Å². The molecule has 2 N–H and O–H groups in total. The van der Waals surface area contributed by atoms with Crippen LogP contribution in [0.4, 0.5) is 0 Å². The second-order valence-corrected chi connectivity index (χ2v) is 6.80. The SMILES string of the molecule is CC(C)CCCC(C)NCc1cn[nH]c1-c1cccs1. The van der Waals surface area contributed by atoms with Gasteiger partial charge in [0.1, 0.15) is 0 Å². The van der Waals surface area contributed by atoms with Crippen molar-refractivity contribution in [3.05, 3.63) is 29.3 Å². The molecule has 0 bridgehead atoms. The van der Waals surface area contributed by atoms with Gasteiger partial charge in [-0.15, -0.1) is 11.3 Å². The summed E-state index contributed by atoms with van der Waals surface area (Å²) in [6, 6.07) is 4.76. The van der Waals surface area contributed by atoms with Crippen molar-refractivity contribution in [3.63, 3.8) is 0 Å². The molecule has 0 aromatic carbocycles. The van der Waals surface area contributed by atoms with E-state index >= 15 is 0 Å². The highest BCUT2D eigenvalue weighted by molar-refractivity contribution is 7.13. The largest absolute Gasteiger partial charge is 0.310 e. The Morgan fingerprint density at radius 2 is 2.15 bits per heavy atom. The number of aromatic amines is 1. The average molecular weight is 291 g/mol. The van der Waals surface area contributed by atoms with Crippen molar-refractivity contribution in [1.82, 2.24) is 15.5 Å². The minimum absolute atomic E-state index is 0.555. The lowest BCUT2D eigenvalue weighted by molar-refractivity contribution is 0.457. The number of aromatic nitrogens is 2. The van der Waals surface area contributed by atoms with Gasteiger partial charge in [-0.25, -0.2) is 0 Å². The number of hydrogen-bond acceptors (Lipinski definition) is 3. The Balaban J connectivity index is 1.81. The fourth-order valence-electron chi connectivity index (χ4n) is 2.30. The van der Waals surface area contributed by atoms with Crippen molar-refractivity contribution in [2.45, 2.75) is 52.6 Å². The zero-order valence-electron chi connectivity index (χ0n) is 12.6. The summed E-state index contributed by atoms with van der Waals surface area (Å²) in [6.07, 6.45) is 5.79. The van der Waals surface area contributed by atoms with Gasteiger partial charge in [-0.2, -0.15) is 5.10 Å². The fraction of sp³-hybridized carbons (Fsp3) is 0.562. The van der Waals surface area contributed by atoms with Gasteiger partial charge in [-0.05, 0) is 30.7 Å². The molecule has 0 aliphatic rings. The van der Waals surface area contributed by atoms with Crippen LogP contribution in [0.5, 0.6) is 0 Å². The highest BCUT2D eigenvalue weighted by Gasteiger charge is 2.09. The Hall–Kier alpha value is -1.13. The Morgan fingerprint density at radius 3 is 2.85 bits per heavy atom. The van der Waals surface area contributed by atoms with E-state index in [0.717, 1.165) is 18.2 Å². The lowest BCUT2D eigenvalue weighted by Gasteiger charge is -2.14. The molecule has 0 spiro atoms. The zero-order chi connectivity index (χ0) is 14.4. The second-order valence-electron chi connectivity index (χ2n) is 5.85. The smallest absolute Gasteiger partial charge is 0.0794 e. The van der Waals surface area contributed by atoms with Crippen LogP contribution in [0.25, 0.3) is 10.6 Å². The van der Waals surface area contributed by atoms with Gasteiger partial charge in [0.15, 0.2) is 0 Å². The number of rotatable bonds is 8. The number of nitrogens with zero attached hydrogens (tertiary/aromatic N) is 1. The van der Waals surface area contributed by atoms with E-state index in [9.17, 15) is 0 Å². The summed E-state index contributed by atoms with van der Waals surface area (Å²) in [7, 11) is 0. The third kappa shape index (κ3) is 4.46. The molecule has 1 unspecified atom stereocenters. The lowest BCUT2D eigenvalue weighted by Crippen LogP contribution is -2.25. The summed E-state index contributed by atoms with van der Waals surface area (Å²) in [5.74, 6) is 0.807. The summed E-state index contributed by atoms with van der Waals surface area (Å²) in [6.45, 7) is 7.73. The first-order chi connectivity index (χ1) is 9.66. The number of thiophene rings is 1. The molecular formula is C16H25N3S. The Labute approximate surface area is 125 Å². The molecule has 4 heteroatoms. The molecule has 2 aromatic rings. The maximum atomic E-state index is 4.18. The van der Waals surface area contributed by atoms with Crippen LogP contribution in [0.1, 0.15) is 45.6 Å². The normalized spacial score (nSPS) is 13.0. The van der Waals surface area contributed by atoms with Crippen LogP contribution >= 0.6 is 11.3 Å². The van der Waals surface area contributed by atoms with Crippen molar-refractivity contribution in [2.75, 3.05) is 0 Å². The molecular weight excluding hydrogens is 266 g/mol. The molecule has 0 saturated heterocycles. The molecule has 0 saturated carbocycles. The van der Waals surface area contributed by atoms with E-state index in [-0.39, 0.29) is 0 Å². The molecule has 2 aromatic heterocycles. The molecule has 0 amide bonds. The van der Waals surface area contributed by atoms with Gasteiger partial charge in [0.05, 0.1) is 16.8 Å². The van der Waals surface area contributed by atoms with Gasteiger partial charge in [0.25, 0.3) is 0 Å². The predicted octanol–water partition coefficient (Wildman–Crippen LogP) is 4.44. The Morgan fingerprint density at radius 1 is 1.30 bits per heavy atom. The van der Waals surface area contributed by atoms with Gasteiger partial charge in [-0.3, -0.25) is 5.10 Å². The Bertz CT molecular complexity index is 488. The van der Waals surface area contributed by atoms with Crippen LogP contribution in [-0.2, 0) is 6.54 Å². The van der Waals surface area contributed by atoms with Crippen LogP contribution in [0, 0.1) is 5.92 Å². The first-order valence-electron chi connectivity index (χ1n) is 7.46. The van der Waals surface area contributed by atoms with E-state index in [0.29, 0.717) is 6.04 Å². The van der Waals surface area contributed by atoms with Crippen molar-refractivity contribution in [3.8, 4) is 10.6 Å². The van der Waals surface area contributed by atoms with Crippen molar-refractivity contribution < 1.29 is 0 Å². The van der Waals surface area contributed by atoms with E-state index < -0.39 is 0 Å². The van der Waals surface area contributed by atoms with Crippen LogP contribution in [-0.4, -0.2) is 16.2 Å². The molecule has 2 heterocycles. The predicted molar refractivity (Wildman–Crippen MR) is 86.9 cm³/mol. The highest BCUT2D eigenvalue weighted by atomic mass is 32.1. The molecule has 0 fully saturated rings. The average Bonchev–Trinajstić information content (AvgIpc) is 3.06. The number of hydrogen-bond donors (Lipinski definition) is 2. The molecule has 3 nitrogen and oxygen atoms in total. The van der Waals surface area contributed by atoms with Gasteiger partial charge in [0, 0.05) is 18.2 Å². The lowest BCUT2D eigenvalue weighted by atomic mass is 10.0. The zero-order valence-corrected chi connectivity index (χ0v) is 13.5. The standard InChI is InChI=1S/C16H25N3S/c1-12(2)6-4-7-13(3)17-10-14-11-18-19-16(14)15-8-5-9-20-15/h5,8-9,11-13,17H,4,6-7,10H2,1-3H3,(H,18,19). The van der Waals surface area contributed by atoms with Gasteiger partial charge < -0.3 is 5.32 Å². The van der Waals surface area contributed by atoms with Crippen LogP contribution in [0.3, 0.4) is 0 Å². The summed E-state index contributed by atoms with van der Waals surface area (Å²) in [5, 5.41) is 13.0. The van der Waals surface area contributed by atoms with E-state index in [2.05, 4.69) is 53.8 Å². The van der Waals surface area contributed by atoms with Crippen LogP contribution < -0.4 is 5.32 Å². The van der Waals surface area contributed by atoms with Crippen molar-refractivity contribution in [1.29, 1.82) is 0 Å². The first-order valence-corrected chi connectivity index (χ1v) is 8.34. The minimum Gasteiger partial charge on any atom is -0.310 e. The topological polar surface area (TPSA) is 40.7 Å². The van der Waals surface area contributed by atoms with Gasteiger partial charge in [0.2, 0.25) is 0 Å². The molecule has 0 radical (unpaired) electrons. The van der Waals surface area contributed by atoms with Crippen LogP contribution in [0.2, 0.25) is 0 Å². The first kappa shape index (κ1) is 15.3. The maximum absolute atomic E-state index is 4.18. The molecule has 0 aliphatic carbocycles. The summed E-state index contributed by atoms with van der Waals surface area (Å²) < 4.78 is 0. The minimum atomic E-state index is 0.555. The van der Waals surface area contributed by atoms with E-state index in [1.54, 1.807) is 11.3 Å². The summed E-state index contributed by atoms with van der Waals surface area (Å²) in [4.78, 5) is 1.26. The molecule has 0 aliphatic heterocycles. The fourth-order valence-corrected chi connectivity index (χ4v) is 3.05. The quantitative estimate of drug-likeness (QED) is 0.754. The Kier molecular flexibility index (Phi) is 5.80. The summed E-state index contributed by atoms with van der Waals surface area (Å²) in [5.41, 5.74) is 2.41. The highest BCUT2D eigenvalue weighted by Crippen LogP contribution is 2.25. The van der Waals surface area contributed by atoms with Gasteiger partial charge >= 0.3 is 0 Å². The van der Waals surface area contributed by atoms with Gasteiger partial charge in [-0.1, -0.05) is 32.8 Å².